The maximum absolute atomic E-state index is 12.6. The standard InChI is InChI=1S/C36H39ClN6O3S/c1-41-34-30-11-12-32(37)31(34)19-25-8-5-15-43(25)39-14-13-38-21-24-18-26(42(2)40-24)22-47-27-17-23-7-3-4-9-28(23)33(20-27)46-16-6-10-29(30)35(41)36(44)45/h4,9,11-12,14,17-20,38H,3,5-8,10,13,15-16,21-22H2,1-2H3,(H,44,45)/b25-19+,39-14+. The van der Waals surface area contributed by atoms with Gasteiger partial charge in [-0.1, -0.05) is 29.8 Å². The van der Waals surface area contributed by atoms with Gasteiger partial charge in [0.15, 0.2) is 0 Å². The van der Waals surface area contributed by atoms with E-state index in [0.29, 0.717) is 37.6 Å². The Labute approximate surface area is 283 Å². The molecule has 0 saturated carbocycles. The van der Waals surface area contributed by atoms with E-state index in [9.17, 15) is 9.90 Å². The molecule has 11 heteroatoms. The van der Waals surface area contributed by atoms with Crippen LogP contribution in [0.3, 0.4) is 0 Å². The number of hydrazone groups is 1. The van der Waals surface area contributed by atoms with Crippen molar-refractivity contribution in [3.63, 3.8) is 0 Å². The first-order chi connectivity index (χ1) is 22.9. The first-order valence-electron chi connectivity index (χ1n) is 16.2. The Bertz CT molecular complexity index is 1940. The van der Waals surface area contributed by atoms with E-state index in [1.165, 1.54) is 10.5 Å². The fourth-order valence-electron chi connectivity index (χ4n) is 6.90. The van der Waals surface area contributed by atoms with Gasteiger partial charge in [0.05, 0.1) is 17.8 Å². The van der Waals surface area contributed by atoms with Crippen LogP contribution in [0.1, 0.15) is 69.8 Å². The van der Waals surface area contributed by atoms with Gasteiger partial charge in [0.2, 0.25) is 0 Å². The van der Waals surface area contributed by atoms with Crippen molar-refractivity contribution in [3.05, 3.63) is 86.5 Å². The number of carbonyl (C=O) groups is 1. The van der Waals surface area contributed by atoms with Gasteiger partial charge in [-0.2, -0.15) is 10.2 Å². The van der Waals surface area contributed by atoms with Crippen molar-refractivity contribution < 1.29 is 14.6 Å². The third kappa shape index (κ3) is 6.46. The monoisotopic (exact) mass is 670 g/mol. The molecular weight excluding hydrogens is 632 g/mol. The van der Waals surface area contributed by atoms with Gasteiger partial charge in [-0.3, -0.25) is 9.69 Å². The van der Waals surface area contributed by atoms with Gasteiger partial charge in [0, 0.05) is 83.5 Å². The van der Waals surface area contributed by atoms with Crippen LogP contribution in [-0.2, 0) is 39.2 Å². The number of halogens is 1. The second-order valence-electron chi connectivity index (χ2n) is 12.3. The average Bonchev–Trinajstić information content (AvgIpc) is 3.73. The third-order valence-electron chi connectivity index (χ3n) is 9.17. The first kappa shape index (κ1) is 31.6. The number of allylic oxidation sites excluding steroid dienone is 2. The number of rotatable bonds is 1. The van der Waals surface area contributed by atoms with E-state index in [1.54, 1.807) is 16.3 Å². The van der Waals surface area contributed by atoms with Gasteiger partial charge in [0.25, 0.3) is 0 Å². The number of carboxylic acid groups (broad SMARTS) is 1. The molecule has 244 valence electrons. The molecule has 2 aromatic carbocycles. The Morgan fingerprint density at radius 2 is 2.00 bits per heavy atom. The highest BCUT2D eigenvalue weighted by molar-refractivity contribution is 7.98. The number of hydrogen-bond donors (Lipinski definition) is 2. The molecule has 2 N–H and O–H groups in total. The molecule has 1 saturated heterocycles. The maximum atomic E-state index is 12.6. The predicted octanol–water partition coefficient (Wildman–Crippen LogP) is 7.05. The van der Waals surface area contributed by atoms with E-state index < -0.39 is 5.97 Å². The number of nitrogens with one attached hydrogen (secondary N) is 1. The molecule has 0 unspecified atom stereocenters. The van der Waals surface area contributed by atoms with Gasteiger partial charge in [-0.05, 0) is 80.0 Å². The Balaban J connectivity index is 1.26. The number of aromatic carboxylic acids is 1. The second-order valence-corrected chi connectivity index (χ2v) is 13.7. The summed E-state index contributed by atoms with van der Waals surface area (Å²) in [5.74, 6) is 0.731. The number of aryl methyl sites for hydroxylation is 4. The Morgan fingerprint density at radius 3 is 2.87 bits per heavy atom. The molecule has 3 aliphatic rings. The Morgan fingerprint density at radius 1 is 1.11 bits per heavy atom. The van der Waals surface area contributed by atoms with Crippen LogP contribution in [0.2, 0.25) is 5.02 Å². The van der Waals surface area contributed by atoms with Crippen molar-refractivity contribution in [2.45, 2.75) is 55.7 Å². The molecule has 0 radical (unpaired) electrons. The molecule has 47 heavy (non-hydrogen) atoms. The molecule has 8 bridgehead atoms. The summed E-state index contributed by atoms with van der Waals surface area (Å²) in [5.41, 5.74) is 8.39. The molecule has 9 nitrogen and oxygen atoms in total. The van der Waals surface area contributed by atoms with Gasteiger partial charge in [-0.25, -0.2) is 4.79 Å². The fraction of sp³-hybridized carbons (Fsp3) is 0.361. The highest BCUT2D eigenvalue weighted by Crippen LogP contribution is 2.38. The zero-order valence-corrected chi connectivity index (χ0v) is 28.3. The SMILES string of the molecule is Cn1nc2cc1CSc1cc3c(c(c1)OCCCc1c(C(=O)O)n(C)c4c(c(Cl)ccc14)/C=C1\CCCN1/N=C/CNC2)C=CCC3. The topological polar surface area (TPSA) is 96.9 Å². The van der Waals surface area contributed by atoms with Crippen LogP contribution in [0, 0.1) is 0 Å². The van der Waals surface area contributed by atoms with Gasteiger partial charge < -0.3 is 19.7 Å². The number of aromatic nitrogens is 3. The first-order valence-corrected chi connectivity index (χ1v) is 17.6. The average molecular weight is 671 g/mol. The second kappa shape index (κ2) is 13.6. The van der Waals surface area contributed by atoms with Crippen LogP contribution in [-0.4, -0.2) is 56.3 Å². The minimum Gasteiger partial charge on any atom is -0.493 e. The molecule has 1 fully saturated rings. The molecule has 0 amide bonds. The number of hydrogen-bond acceptors (Lipinski definition) is 7. The van der Waals surface area contributed by atoms with Crippen LogP contribution in [0.15, 0.2) is 52.1 Å². The molecule has 7 rings (SSSR count). The lowest BCUT2D eigenvalue weighted by Gasteiger charge is -2.18. The number of fused-ring (bicyclic) bond motifs is 7. The normalized spacial score (nSPS) is 19.0. The summed E-state index contributed by atoms with van der Waals surface area (Å²) >= 11 is 8.61. The Kier molecular flexibility index (Phi) is 9.16. The van der Waals surface area contributed by atoms with Crippen molar-refractivity contribution in [2.24, 2.45) is 19.2 Å². The van der Waals surface area contributed by atoms with Crippen molar-refractivity contribution in [1.29, 1.82) is 0 Å². The van der Waals surface area contributed by atoms with Crippen LogP contribution in [0.5, 0.6) is 5.75 Å². The molecule has 0 spiro atoms. The van der Waals surface area contributed by atoms with Gasteiger partial charge in [-0.15, -0.1) is 11.8 Å². The summed E-state index contributed by atoms with van der Waals surface area (Å²) in [7, 11) is 3.82. The number of thioether (sulfide) groups is 1. The van der Waals surface area contributed by atoms with Crippen LogP contribution in [0.25, 0.3) is 23.1 Å². The van der Waals surface area contributed by atoms with Crippen LogP contribution in [0.4, 0.5) is 0 Å². The lowest BCUT2D eigenvalue weighted by molar-refractivity contribution is 0.0685. The van der Waals surface area contributed by atoms with Crippen molar-refractivity contribution >= 4 is 58.6 Å². The molecule has 4 aromatic rings. The summed E-state index contributed by atoms with van der Waals surface area (Å²) in [6, 6.07) is 10.4. The third-order valence-corrected chi connectivity index (χ3v) is 10.5. The molecule has 2 aromatic heterocycles. The van der Waals surface area contributed by atoms with Crippen LogP contribution < -0.4 is 10.1 Å². The van der Waals surface area contributed by atoms with Crippen LogP contribution >= 0.6 is 23.4 Å². The Hall–Kier alpha value is -3.99. The summed E-state index contributed by atoms with van der Waals surface area (Å²) < 4.78 is 10.2. The quantitative estimate of drug-likeness (QED) is 0.224. The molecule has 1 aliphatic carbocycles. The largest absolute Gasteiger partial charge is 0.493 e. The van der Waals surface area contributed by atoms with E-state index in [0.717, 1.165) is 88.4 Å². The number of ether oxygens (including phenoxy) is 1. The zero-order chi connectivity index (χ0) is 32.5. The van der Waals surface area contributed by atoms with E-state index in [1.807, 2.05) is 42.1 Å². The summed E-state index contributed by atoms with van der Waals surface area (Å²) in [5, 5.41) is 26.8. The highest BCUT2D eigenvalue weighted by atomic mass is 35.5. The van der Waals surface area contributed by atoms with E-state index in [-0.39, 0.29) is 5.69 Å². The van der Waals surface area contributed by atoms with Gasteiger partial charge >= 0.3 is 5.97 Å². The van der Waals surface area contributed by atoms with E-state index in [2.05, 4.69) is 41.7 Å². The fourth-order valence-corrected chi connectivity index (χ4v) is 8.11. The molecule has 4 heterocycles. The lowest BCUT2D eigenvalue weighted by atomic mass is 9.96. The number of benzene rings is 2. The summed E-state index contributed by atoms with van der Waals surface area (Å²) in [4.78, 5) is 13.8. The zero-order valence-electron chi connectivity index (χ0n) is 26.8. The van der Waals surface area contributed by atoms with Crippen molar-refractivity contribution in [3.8, 4) is 5.75 Å². The smallest absolute Gasteiger partial charge is 0.352 e. The number of carboxylic acids is 1. The van der Waals surface area contributed by atoms with Crippen molar-refractivity contribution in [2.75, 3.05) is 19.7 Å². The van der Waals surface area contributed by atoms with Crippen molar-refractivity contribution in [1.82, 2.24) is 24.7 Å². The molecule has 0 atom stereocenters. The summed E-state index contributed by atoms with van der Waals surface area (Å²) in [6.07, 6.45) is 13.4. The highest BCUT2D eigenvalue weighted by Gasteiger charge is 2.25. The molecule has 2 aliphatic heterocycles. The minimum atomic E-state index is -0.948. The van der Waals surface area contributed by atoms with E-state index in [4.69, 9.17) is 26.5 Å². The predicted molar refractivity (Wildman–Crippen MR) is 189 cm³/mol. The lowest BCUT2D eigenvalue weighted by Crippen LogP contribution is -2.18. The number of nitrogens with zero attached hydrogens (tertiary/aromatic N) is 5. The van der Waals surface area contributed by atoms with Gasteiger partial charge in [0.1, 0.15) is 11.4 Å². The summed E-state index contributed by atoms with van der Waals surface area (Å²) in [6.45, 7) is 2.54. The molecular formula is C36H39ClN6O3S. The maximum Gasteiger partial charge on any atom is 0.352 e. The minimum absolute atomic E-state index is 0.289. The van der Waals surface area contributed by atoms with E-state index >= 15 is 0 Å².